The molecule has 1 heterocycles. The van der Waals surface area contributed by atoms with E-state index in [1.807, 2.05) is 0 Å². The molecule has 1 aromatic carbocycles. The third-order valence-corrected chi connectivity index (χ3v) is 4.16. The summed E-state index contributed by atoms with van der Waals surface area (Å²) in [5.74, 6) is 1.06. The van der Waals surface area contributed by atoms with Gasteiger partial charge >= 0.3 is 0 Å². The van der Waals surface area contributed by atoms with Crippen LogP contribution in [0.1, 0.15) is 43.2 Å². The highest BCUT2D eigenvalue weighted by Gasteiger charge is 2.13. The zero-order chi connectivity index (χ0) is 13.1. The molecule has 0 saturated carbocycles. The number of aliphatic hydroxyl groups is 1. The van der Waals surface area contributed by atoms with Gasteiger partial charge in [-0.1, -0.05) is 30.2 Å². The van der Waals surface area contributed by atoms with Gasteiger partial charge < -0.3 is 9.84 Å². The van der Waals surface area contributed by atoms with E-state index in [9.17, 15) is 5.11 Å². The summed E-state index contributed by atoms with van der Waals surface area (Å²) in [6, 6.07) is 6.57. The summed E-state index contributed by atoms with van der Waals surface area (Å²) in [7, 11) is 0. The van der Waals surface area contributed by atoms with Crippen LogP contribution in [-0.2, 0) is 12.8 Å². The van der Waals surface area contributed by atoms with Crippen LogP contribution in [-0.4, -0.2) is 17.8 Å². The van der Waals surface area contributed by atoms with Gasteiger partial charge in [-0.3, -0.25) is 0 Å². The van der Waals surface area contributed by atoms with Crippen molar-refractivity contribution in [1.29, 1.82) is 0 Å². The molecule has 0 bridgehead atoms. The summed E-state index contributed by atoms with van der Waals surface area (Å²) in [5, 5.41) is 9.79. The standard InChI is InChI=1S/C17H22O2/c18-16-4-2-1-3-13(12-16)5-6-14-7-8-17-15(11-14)9-10-19-17/h7-8,11-12,16,18H,1-6,9-10H2. The normalized spacial score (nSPS) is 22.4. The lowest BCUT2D eigenvalue weighted by molar-refractivity contribution is 0.211. The molecule has 1 aliphatic heterocycles. The van der Waals surface area contributed by atoms with Crippen molar-refractivity contribution in [2.45, 2.75) is 51.0 Å². The Balaban J connectivity index is 1.62. The maximum atomic E-state index is 9.79. The van der Waals surface area contributed by atoms with Crippen LogP contribution in [0.3, 0.4) is 0 Å². The molecule has 0 aromatic heterocycles. The molecule has 0 amide bonds. The molecule has 1 N–H and O–H groups in total. The van der Waals surface area contributed by atoms with E-state index < -0.39 is 0 Å². The lowest BCUT2D eigenvalue weighted by Crippen LogP contribution is -2.00. The molecule has 0 spiro atoms. The fourth-order valence-corrected chi connectivity index (χ4v) is 3.05. The number of hydrogen-bond donors (Lipinski definition) is 1. The summed E-state index contributed by atoms with van der Waals surface area (Å²) < 4.78 is 5.53. The van der Waals surface area contributed by atoms with E-state index in [1.54, 1.807) is 0 Å². The second-order valence-corrected chi connectivity index (χ2v) is 5.68. The minimum atomic E-state index is -0.217. The molecule has 102 valence electrons. The lowest BCUT2D eigenvalue weighted by atomic mass is 9.99. The SMILES string of the molecule is OC1C=C(CCc2ccc3c(c2)CCO3)CCCC1. The maximum Gasteiger partial charge on any atom is 0.122 e. The van der Waals surface area contributed by atoms with Gasteiger partial charge in [0.2, 0.25) is 0 Å². The van der Waals surface area contributed by atoms with Crippen LogP contribution in [0.5, 0.6) is 5.75 Å². The van der Waals surface area contributed by atoms with Crippen molar-refractivity contribution in [1.82, 2.24) is 0 Å². The summed E-state index contributed by atoms with van der Waals surface area (Å²) in [6.07, 6.45) is 9.53. The van der Waals surface area contributed by atoms with E-state index in [-0.39, 0.29) is 6.10 Å². The zero-order valence-corrected chi connectivity index (χ0v) is 11.4. The van der Waals surface area contributed by atoms with Gasteiger partial charge in [0.05, 0.1) is 12.7 Å². The number of benzene rings is 1. The molecule has 0 fully saturated rings. The van der Waals surface area contributed by atoms with Gasteiger partial charge in [0.1, 0.15) is 5.75 Å². The Labute approximate surface area is 115 Å². The quantitative estimate of drug-likeness (QED) is 0.842. The van der Waals surface area contributed by atoms with Crippen molar-refractivity contribution in [3.8, 4) is 5.75 Å². The van der Waals surface area contributed by atoms with Crippen LogP contribution < -0.4 is 4.74 Å². The Morgan fingerprint density at radius 1 is 1.16 bits per heavy atom. The van der Waals surface area contributed by atoms with Crippen LogP contribution in [0.25, 0.3) is 0 Å². The van der Waals surface area contributed by atoms with Gasteiger partial charge in [-0.15, -0.1) is 0 Å². The fourth-order valence-electron chi connectivity index (χ4n) is 3.05. The first-order valence-electron chi connectivity index (χ1n) is 7.43. The summed E-state index contributed by atoms with van der Waals surface area (Å²) in [4.78, 5) is 0. The summed E-state index contributed by atoms with van der Waals surface area (Å²) >= 11 is 0. The van der Waals surface area contributed by atoms with E-state index in [4.69, 9.17) is 4.74 Å². The predicted octanol–water partition coefficient (Wildman–Crippen LogP) is 3.42. The second kappa shape index (κ2) is 5.79. The molecule has 19 heavy (non-hydrogen) atoms. The number of hydrogen-bond acceptors (Lipinski definition) is 2. The molecule has 0 saturated heterocycles. The van der Waals surface area contributed by atoms with Gasteiger partial charge in [0.15, 0.2) is 0 Å². The van der Waals surface area contributed by atoms with Gasteiger partial charge in [-0.05, 0) is 49.3 Å². The smallest absolute Gasteiger partial charge is 0.122 e. The number of aryl methyl sites for hydroxylation is 1. The Kier molecular flexibility index (Phi) is 3.88. The van der Waals surface area contributed by atoms with Gasteiger partial charge in [-0.2, -0.15) is 0 Å². The van der Waals surface area contributed by atoms with Crippen molar-refractivity contribution in [3.63, 3.8) is 0 Å². The van der Waals surface area contributed by atoms with Crippen molar-refractivity contribution in [2.75, 3.05) is 6.61 Å². The highest BCUT2D eigenvalue weighted by Crippen LogP contribution is 2.27. The Hall–Kier alpha value is -1.28. The van der Waals surface area contributed by atoms with Crippen molar-refractivity contribution < 1.29 is 9.84 Å². The average Bonchev–Trinajstić information content (AvgIpc) is 2.78. The number of aliphatic hydroxyl groups excluding tert-OH is 1. The van der Waals surface area contributed by atoms with Gasteiger partial charge in [0.25, 0.3) is 0 Å². The third kappa shape index (κ3) is 3.19. The number of rotatable bonds is 3. The number of allylic oxidation sites excluding steroid dienone is 1. The highest BCUT2D eigenvalue weighted by atomic mass is 16.5. The van der Waals surface area contributed by atoms with Gasteiger partial charge in [0, 0.05) is 6.42 Å². The predicted molar refractivity (Wildman–Crippen MR) is 76.5 cm³/mol. The van der Waals surface area contributed by atoms with Crippen LogP contribution >= 0.6 is 0 Å². The Bertz CT molecular complexity index is 476. The molecule has 1 aliphatic carbocycles. The van der Waals surface area contributed by atoms with Crippen LogP contribution in [0.2, 0.25) is 0 Å². The minimum Gasteiger partial charge on any atom is -0.493 e. The van der Waals surface area contributed by atoms with Crippen LogP contribution in [0.15, 0.2) is 29.8 Å². The topological polar surface area (TPSA) is 29.5 Å². The molecule has 1 atom stereocenters. The minimum absolute atomic E-state index is 0.217. The molecule has 2 aliphatic rings. The van der Waals surface area contributed by atoms with Gasteiger partial charge in [-0.25, -0.2) is 0 Å². The Morgan fingerprint density at radius 2 is 2.11 bits per heavy atom. The number of fused-ring (bicyclic) bond motifs is 1. The second-order valence-electron chi connectivity index (χ2n) is 5.68. The molecular formula is C17H22O2. The molecule has 1 aromatic rings. The van der Waals surface area contributed by atoms with E-state index in [0.717, 1.165) is 50.9 Å². The van der Waals surface area contributed by atoms with Crippen molar-refractivity contribution in [2.24, 2.45) is 0 Å². The third-order valence-electron chi connectivity index (χ3n) is 4.16. The largest absolute Gasteiger partial charge is 0.493 e. The highest BCUT2D eigenvalue weighted by molar-refractivity contribution is 5.40. The molecular weight excluding hydrogens is 236 g/mol. The fraction of sp³-hybridized carbons (Fsp3) is 0.529. The average molecular weight is 258 g/mol. The molecule has 3 rings (SSSR count). The summed E-state index contributed by atoms with van der Waals surface area (Å²) in [5.41, 5.74) is 4.18. The zero-order valence-electron chi connectivity index (χ0n) is 11.4. The molecule has 1 unspecified atom stereocenters. The van der Waals surface area contributed by atoms with E-state index >= 15 is 0 Å². The van der Waals surface area contributed by atoms with E-state index in [1.165, 1.54) is 23.1 Å². The molecule has 2 heteroatoms. The monoisotopic (exact) mass is 258 g/mol. The summed E-state index contributed by atoms with van der Waals surface area (Å²) in [6.45, 7) is 0.829. The van der Waals surface area contributed by atoms with Crippen molar-refractivity contribution in [3.05, 3.63) is 41.0 Å². The Morgan fingerprint density at radius 3 is 3.05 bits per heavy atom. The van der Waals surface area contributed by atoms with Crippen LogP contribution in [0, 0.1) is 0 Å². The molecule has 2 nitrogen and oxygen atoms in total. The van der Waals surface area contributed by atoms with E-state index in [0.29, 0.717) is 0 Å². The van der Waals surface area contributed by atoms with E-state index in [2.05, 4.69) is 24.3 Å². The first-order valence-corrected chi connectivity index (χ1v) is 7.43. The number of ether oxygens (including phenoxy) is 1. The molecule has 0 radical (unpaired) electrons. The lowest BCUT2D eigenvalue weighted by Gasteiger charge is -2.08. The first-order chi connectivity index (χ1) is 9.31. The first kappa shape index (κ1) is 12.7. The maximum absolute atomic E-state index is 9.79. The van der Waals surface area contributed by atoms with Crippen LogP contribution in [0.4, 0.5) is 0 Å². The van der Waals surface area contributed by atoms with Crippen molar-refractivity contribution >= 4 is 0 Å².